The van der Waals surface area contributed by atoms with Crippen LogP contribution in [0.2, 0.25) is 0 Å². The molecule has 1 aliphatic rings. The Balaban J connectivity index is 0.000000545. The van der Waals surface area contributed by atoms with Crippen LogP contribution >= 0.6 is 0 Å². The van der Waals surface area contributed by atoms with Crippen molar-refractivity contribution in [1.82, 2.24) is 0 Å². The molecule has 1 atom stereocenters. The minimum atomic E-state index is 0.368. The zero-order chi connectivity index (χ0) is 24.4. The lowest BCUT2D eigenvalue weighted by molar-refractivity contribution is 0.134. The normalized spacial score (nSPS) is 13.8. The van der Waals surface area contributed by atoms with Crippen LogP contribution in [-0.4, -0.2) is 6.61 Å². The van der Waals surface area contributed by atoms with Crippen LogP contribution in [0.25, 0.3) is 0 Å². The largest absolute Gasteiger partial charge is 0.377 e. The molecule has 0 radical (unpaired) electrons. The topological polar surface area (TPSA) is 9.23 Å². The van der Waals surface area contributed by atoms with Crippen molar-refractivity contribution >= 4 is 0 Å². The van der Waals surface area contributed by atoms with Gasteiger partial charge in [0.15, 0.2) is 0 Å². The number of benzene rings is 2. The second kappa shape index (κ2) is 17.9. The van der Waals surface area contributed by atoms with Crippen LogP contribution in [0.1, 0.15) is 123 Å². The average molecular weight is 441 g/mol. The zero-order valence-corrected chi connectivity index (χ0v) is 22.7. The molecule has 0 bridgehead atoms. The van der Waals surface area contributed by atoms with E-state index in [2.05, 4.69) is 77.9 Å². The first-order valence-electron chi connectivity index (χ1n) is 13.1. The molecular weight excluding hydrogens is 388 g/mol. The van der Waals surface area contributed by atoms with Gasteiger partial charge in [0.05, 0.1) is 6.61 Å². The van der Waals surface area contributed by atoms with E-state index in [1.54, 1.807) is 5.56 Å². The molecule has 1 aliphatic carbocycles. The van der Waals surface area contributed by atoms with Gasteiger partial charge in [-0.2, -0.15) is 0 Å². The third-order valence-corrected chi connectivity index (χ3v) is 5.68. The Hall–Kier alpha value is -1.60. The molecule has 0 spiro atoms. The first kappa shape index (κ1) is 30.4. The van der Waals surface area contributed by atoms with Gasteiger partial charge in [0, 0.05) is 6.61 Å². The Bertz CT molecular complexity index is 647. The van der Waals surface area contributed by atoms with Crippen molar-refractivity contribution in [2.45, 2.75) is 113 Å². The van der Waals surface area contributed by atoms with Crippen molar-refractivity contribution in [3.05, 3.63) is 71.3 Å². The van der Waals surface area contributed by atoms with E-state index in [0.29, 0.717) is 11.3 Å². The van der Waals surface area contributed by atoms with E-state index in [1.807, 2.05) is 39.0 Å². The van der Waals surface area contributed by atoms with Gasteiger partial charge >= 0.3 is 0 Å². The maximum absolute atomic E-state index is 5.22. The molecular formula is C31H52O. The second-order valence-corrected chi connectivity index (χ2v) is 9.45. The fourth-order valence-electron chi connectivity index (χ4n) is 3.88. The van der Waals surface area contributed by atoms with Crippen molar-refractivity contribution in [3.63, 3.8) is 0 Å². The molecule has 1 saturated carbocycles. The summed E-state index contributed by atoms with van der Waals surface area (Å²) in [5, 5.41) is 0. The van der Waals surface area contributed by atoms with E-state index in [0.717, 1.165) is 19.1 Å². The van der Waals surface area contributed by atoms with E-state index in [4.69, 9.17) is 4.74 Å². The summed E-state index contributed by atoms with van der Waals surface area (Å²) in [6.07, 6.45) is 6.70. The molecule has 3 rings (SSSR count). The highest BCUT2D eigenvalue weighted by Gasteiger charge is 2.25. The van der Waals surface area contributed by atoms with E-state index in [-0.39, 0.29) is 0 Å². The molecule has 2 aromatic carbocycles. The lowest BCUT2D eigenvalue weighted by Crippen LogP contribution is -2.18. The van der Waals surface area contributed by atoms with Crippen LogP contribution in [0.3, 0.4) is 0 Å². The molecule has 0 saturated heterocycles. The van der Waals surface area contributed by atoms with Crippen molar-refractivity contribution < 1.29 is 4.74 Å². The molecule has 32 heavy (non-hydrogen) atoms. The first-order valence-corrected chi connectivity index (χ1v) is 13.1. The van der Waals surface area contributed by atoms with Crippen LogP contribution in [0.5, 0.6) is 0 Å². The first-order chi connectivity index (χ1) is 15.4. The molecule has 0 heterocycles. The van der Waals surface area contributed by atoms with Gasteiger partial charge in [-0.15, -0.1) is 0 Å². The Morgan fingerprint density at radius 2 is 1.38 bits per heavy atom. The van der Waals surface area contributed by atoms with Crippen LogP contribution in [-0.2, 0) is 11.3 Å². The minimum Gasteiger partial charge on any atom is -0.377 e. The van der Waals surface area contributed by atoms with Crippen molar-refractivity contribution in [2.75, 3.05) is 6.61 Å². The van der Waals surface area contributed by atoms with Crippen LogP contribution in [0, 0.1) is 5.41 Å². The maximum Gasteiger partial charge on any atom is 0.0716 e. The molecule has 0 amide bonds. The Morgan fingerprint density at radius 3 is 1.75 bits per heavy atom. The second-order valence-electron chi connectivity index (χ2n) is 9.45. The van der Waals surface area contributed by atoms with Crippen LogP contribution < -0.4 is 0 Å². The smallest absolute Gasteiger partial charge is 0.0716 e. The van der Waals surface area contributed by atoms with Gasteiger partial charge < -0.3 is 4.74 Å². The molecule has 2 aromatic rings. The van der Waals surface area contributed by atoms with Gasteiger partial charge in [0.2, 0.25) is 0 Å². The fourth-order valence-corrected chi connectivity index (χ4v) is 3.88. The van der Waals surface area contributed by atoms with Crippen LogP contribution in [0.4, 0.5) is 0 Å². The lowest BCUT2D eigenvalue weighted by atomic mass is 9.74. The number of hydrogen-bond donors (Lipinski definition) is 0. The summed E-state index contributed by atoms with van der Waals surface area (Å²) in [6, 6.07) is 19.7. The minimum absolute atomic E-state index is 0.368. The predicted molar refractivity (Wildman–Crippen MR) is 145 cm³/mol. The Kier molecular flexibility index (Phi) is 17.0. The summed E-state index contributed by atoms with van der Waals surface area (Å²) < 4.78 is 5.22. The standard InChI is InChI=1S/C17H26.C9H12O.C3H8.C2H6/c1-5-16(17(2,3)4)15-11-9-14(10-12-15)13-7-6-8-13;1-2-10-8-9-6-4-3-5-7-9;1-3-2;1-2/h9-13,16H,5-8H2,1-4H3;3-7H,2,8H2,1H3;3H2,1-2H3;1-2H3. The van der Waals surface area contributed by atoms with E-state index < -0.39 is 0 Å². The average Bonchev–Trinajstić information content (AvgIpc) is 2.75. The Morgan fingerprint density at radius 1 is 0.844 bits per heavy atom. The molecule has 1 heteroatoms. The summed E-state index contributed by atoms with van der Waals surface area (Å²) in [6.45, 7) is 21.1. The zero-order valence-electron chi connectivity index (χ0n) is 22.7. The highest BCUT2D eigenvalue weighted by Crippen LogP contribution is 2.40. The summed E-state index contributed by atoms with van der Waals surface area (Å²) in [4.78, 5) is 0. The number of ether oxygens (including phenoxy) is 1. The van der Waals surface area contributed by atoms with Crippen molar-refractivity contribution in [3.8, 4) is 0 Å². The number of hydrogen-bond acceptors (Lipinski definition) is 1. The molecule has 0 N–H and O–H groups in total. The molecule has 1 unspecified atom stereocenters. The SMILES string of the molecule is CC.CCC.CCC(c1ccc(C2CCC2)cc1)C(C)(C)C.CCOCc1ccccc1. The third kappa shape index (κ3) is 11.9. The number of rotatable bonds is 6. The quantitative estimate of drug-likeness (QED) is 0.434. The molecule has 0 aromatic heterocycles. The Labute approximate surface area is 201 Å². The fraction of sp³-hybridized carbons (Fsp3) is 0.613. The highest BCUT2D eigenvalue weighted by atomic mass is 16.5. The monoisotopic (exact) mass is 440 g/mol. The van der Waals surface area contributed by atoms with Crippen molar-refractivity contribution in [1.29, 1.82) is 0 Å². The maximum atomic E-state index is 5.22. The summed E-state index contributed by atoms with van der Waals surface area (Å²) >= 11 is 0. The third-order valence-electron chi connectivity index (χ3n) is 5.68. The van der Waals surface area contributed by atoms with Gasteiger partial charge in [0.25, 0.3) is 0 Å². The highest BCUT2D eigenvalue weighted by molar-refractivity contribution is 5.29. The molecule has 182 valence electrons. The van der Waals surface area contributed by atoms with E-state index in [1.165, 1.54) is 43.2 Å². The van der Waals surface area contributed by atoms with Gasteiger partial charge in [-0.3, -0.25) is 0 Å². The predicted octanol–water partition coefficient (Wildman–Crippen LogP) is 10.2. The van der Waals surface area contributed by atoms with Crippen molar-refractivity contribution in [2.24, 2.45) is 5.41 Å². The van der Waals surface area contributed by atoms with Gasteiger partial charge in [-0.1, -0.05) is 123 Å². The molecule has 0 aliphatic heterocycles. The summed E-state index contributed by atoms with van der Waals surface area (Å²) in [5.74, 6) is 1.54. The van der Waals surface area contributed by atoms with Gasteiger partial charge in [-0.05, 0) is 60.1 Å². The van der Waals surface area contributed by atoms with E-state index in [9.17, 15) is 0 Å². The van der Waals surface area contributed by atoms with Crippen LogP contribution in [0.15, 0.2) is 54.6 Å². The van der Waals surface area contributed by atoms with E-state index >= 15 is 0 Å². The molecule has 1 fully saturated rings. The van der Waals surface area contributed by atoms with Gasteiger partial charge in [-0.25, -0.2) is 0 Å². The summed E-state index contributed by atoms with van der Waals surface area (Å²) in [7, 11) is 0. The summed E-state index contributed by atoms with van der Waals surface area (Å²) in [5.41, 5.74) is 4.68. The lowest BCUT2D eigenvalue weighted by Gasteiger charge is -2.31. The molecule has 1 nitrogen and oxygen atoms in total. The van der Waals surface area contributed by atoms with Gasteiger partial charge in [0.1, 0.15) is 0 Å².